The Morgan fingerprint density at radius 3 is 2.49 bits per heavy atom. The number of benzene rings is 1. The predicted molar refractivity (Wildman–Crippen MR) is 135 cm³/mol. The fraction of sp³-hybridized carbons (Fsp3) is 0.522. The number of aliphatic carboxylic acids is 1. The van der Waals surface area contributed by atoms with E-state index in [0.29, 0.717) is 37.1 Å². The van der Waals surface area contributed by atoms with Crippen molar-refractivity contribution in [3.8, 4) is 0 Å². The number of alkyl halides is 3. The molecule has 4 N–H and O–H groups in total. The smallest absolute Gasteiger partial charge is 0.475 e. The molecule has 12 nitrogen and oxygen atoms in total. The molecule has 1 aromatic carbocycles. The van der Waals surface area contributed by atoms with Gasteiger partial charge in [0.25, 0.3) is 0 Å². The summed E-state index contributed by atoms with van der Waals surface area (Å²) >= 11 is 6.08. The van der Waals surface area contributed by atoms with Crippen LogP contribution < -0.4 is 10.6 Å². The molecule has 4 heterocycles. The van der Waals surface area contributed by atoms with Gasteiger partial charge in [-0.1, -0.05) is 23.7 Å². The second kappa shape index (κ2) is 12.6. The van der Waals surface area contributed by atoms with Crippen LogP contribution >= 0.6 is 11.6 Å². The Morgan fingerprint density at radius 2 is 1.92 bits per heavy atom. The highest BCUT2D eigenvalue weighted by Gasteiger charge is 2.38. The van der Waals surface area contributed by atoms with E-state index in [0.717, 1.165) is 43.9 Å². The summed E-state index contributed by atoms with van der Waals surface area (Å²) < 4.78 is 39.9. The number of hydrogen-bond acceptors (Lipinski definition) is 9. The molecule has 5 rings (SSSR count). The lowest BCUT2D eigenvalue weighted by Crippen LogP contribution is -2.57. The Morgan fingerprint density at radius 1 is 1.23 bits per heavy atom. The summed E-state index contributed by atoms with van der Waals surface area (Å²) in [6.07, 6.45) is 1.34. The monoisotopic (exact) mass is 571 g/mol. The van der Waals surface area contributed by atoms with Gasteiger partial charge in [-0.2, -0.15) is 23.3 Å². The van der Waals surface area contributed by atoms with Gasteiger partial charge < -0.3 is 20.5 Å². The number of morpholine rings is 1. The number of anilines is 2. The molecule has 2 saturated heterocycles. The van der Waals surface area contributed by atoms with Crippen molar-refractivity contribution in [2.75, 3.05) is 36.9 Å². The minimum absolute atomic E-state index is 0.0870. The van der Waals surface area contributed by atoms with E-state index in [1.165, 1.54) is 5.56 Å². The number of carbonyl (C=O) groups is 1. The predicted octanol–water partition coefficient (Wildman–Crippen LogP) is 2.25. The van der Waals surface area contributed by atoms with E-state index in [1.807, 2.05) is 16.8 Å². The molecule has 39 heavy (non-hydrogen) atoms. The fourth-order valence-corrected chi connectivity index (χ4v) is 4.87. The van der Waals surface area contributed by atoms with Crippen LogP contribution in [0.15, 0.2) is 36.9 Å². The molecular weight excluding hydrogens is 543 g/mol. The van der Waals surface area contributed by atoms with Crippen molar-refractivity contribution in [1.29, 1.82) is 0 Å². The number of carboxylic acids is 1. The van der Waals surface area contributed by atoms with Crippen LogP contribution in [0, 0.1) is 0 Å². The van der Waals surface area contributed by atoms with Crippen LogP contribution in [0.2, 0.25) is 5.02 Å². The highest BCUT2D eigenvalue weighted by molar-refractivity contribution is 6.30. The first-order valence-electron chi connectivity index (χ1n) is 12.3. The number of aromatic amines is 1. The van der Waals surface area contributed by atoms with Gasteiger partial charge in [-0.25, -0.2) is 14.9 Å². The third-order valence-electron chi connectivity index (χ3n) is 6.60. The van der Waals surface area contributed by atoms with E-state index < -0.39 is 12.1 Å². The summed E-state index contributed by atoms with van der Waals surface area (Å²) in [5.41, 5.74) is 6.98. The largest absolute Gasteiger partial charge is 0.490 e. The summed E-state index contributed by atoms with van der Waals surface area (Å²) in [6, 6.07) is 8.93. The van der Waals surface area contributed by atoms with Gasteiger partial charge in [-0.3, -0.25) is 9.58 Å². The van der Waals surface area contributed by atoms with Crippen LogP contribution in [0.25, 0.3) is 0 Å². The minimum Gasteiger partial charge on any atom is -0.475 e. The lowest BCUT2D eigenvalue weighted by molar-refractivity contribution is -0.192. The zero-order valence-electron chi connectivity index (χ0n) is 20.8. The molecule has 2 unspecified atom stereocenters. The summed E-state index contributed by atoms with van der Waals surface area (Å²) in [5.74, 6) is -1.72. The minimum atomic E-state index is -5.08. The number of nitrogens with one attached hydrogen (secondary N) is 1. The van der Waals surface area contributed by atoms with Crippen molar-refractivity contribution < 1.29 is 27.8 Å². The number of hydrogen-bond donors (Lipinski definition) is 3. The SMILES string of the molecule is Nc1nc(N2CCC(N3CC(Cn4cncn4)OCC3Cc3ccc(Cl)cc3)CC2)n[nH]1.O=C(O)C(F)(F)F. The molecule has 2 aromatic heterocycles. The molecule has 0 bridgehead atoms. The molecule has 0 radical (unpaired) electrons. The molecule has 0 saturated carbocycles. The number of halogens is 4. The summed E-state index contributed by atoms with van der Waals surface area (Å²) in [6.45, 7) is 4.08. The van der Waals surface area contributed by atoms with Crippen LogP contribution in [0.4, 0.5) is 25.1 Å². The molecule has 2 aliphatic rings. The zero-order valence-corrected chi connectivity index (χ0v) is 21.6. The molecular formula is C23H29ClF3N9O3. The van der Waals surface area contributed by atoms with Crippen molar-refractivity contribution in [1.82, 2.24) is 34.8 Å². The number of nitrogens with zero attached hydrogens (tertiary/aromatic N) is 7. The Hall–Kier alpha value is -3.43. The van der Waals surface area contributed by atoms with Gasteiger partial charge in [-0.15, -0.1) is 5.10 Å². The molecule has 3 aromatic rings. The van der Waals surface area contributed by atoms with Gasteiger partial charge in [0, 0.05) is 36.7 Å². The van der Waals surface area contributed by atoms with Gasteiger partial charge in [0.15, 0.2) is 0 Å². The highest BCUT2D eigenvalue weighted by atomic mass is 35.5. The first-order valence-corrected chi connectivity index (χ1v) is 12.6. The average molecular weight is 572 g/mol. The van der Waals surface area contributed by atoms with E-state index in [9.17, 15) is 13.2 Å². The first-order chi connectivity index (χ1) is 18.6. The number of piperidine rings is 1. The number of H-pyrrole nitrogens is 1. The van der Waals surface area contributed by atoms with Gasteiger partial charge >= 0.3 is 12.1 Å². The van der Waals surface area contributed by atoms with Crippen LogP contribution in [-0.2, 0) is 22.5 Å². The number of nitrogens with two attached hydrogens (primary N) is 1. The maximum Gasteiger partial charge on any atom is 0.490 e. The summed E-state index contributed by atoms with van der Waals surface area (Å²) in [4.78, 5) is 22.1. The molecule has 0 amide bonds. The topological polar surface area (TPSA) is 151 Å². The molecule has 2 aliphatic heterocycles. The van der Waals surface area contributed by atoms with Crippen LogP contribution in [0.1, 0.15) is 18.4 Å². The number of nitrogen functional groups attached to an aromatic ring is 1. The van der Waals surface area contributed by atoms with Crippen molar-refractivity contribution in [2.24, 2.45) is 0 Å². The van der Waals surface area contributed by atoms with Gasteiger partial charge in [-0.05, 0) is 37.0 Å². The van der Waals surface area contributed by atoms with Crippen molar-refractivity contribution in [2.45, 2.75) is 50.2 Å². The summed E-state index contributed by atoms with van der Waals surface area (Å²) in [7, 11) is 0. The Kier molecular flexibility index (Phi) is 9.24. The maximum atomic E-state index is 10.6. The van der Waals surface area contributed by atoms with Crippen LogP contribution in [0.5, 0.6) is 0 Å². The standard InChI is InChI=1S/C21H28ClN9O.C2HF3O2/c22-16-3-1-15(2-4-16)9-18-12-32-19(10-30-14-24-13-25-30)11-31(18)17-5-7-29(8-6-17)21-26-20(23)27-28-21;3-2(4,5)1(6)7/h1-4,13-14,17-19H,5-12H2,(H3,23,26,27,28);(H,6,7). The maximum absolute atomic E-state index is 10.6. The summed E-state index contributed by atoms with van der Waals surface area (Å²) in [5, 5.41) is 19.1. The van der Waals surface area contributed by atoms with E-state index in [-0.39, 0.29) is 6.10 Å². The molecule has 2 fully saturated rings. The molecule has 0 spiro atoms. The Balaban J connectivity index is 0.000000448. The first kappa shape index (κ1) is 28.6. The lowest BCUT2D eigenvalue weighted by atomic mass is 9.96. The van der Waals surface area contributed by atoms with Gasteiger partial charge in [0.2, 0.25) is 11.9 Å². The quantitative estimate of drug-likeness (QED) is 0.402. The third-order valence-corrected chi connectivity index (χ3v) is 6.85. The van der Waals surface area contributed by atoms with E-state index in [2.05, 4.69) is 47.2 Å². The zero-order chi connectivity index (χ0) is 28.0. The van der Waals surface area contributed by atoms with Crippen molar-refractivity contribution in [3.05, 3.63) is 47.5 Å². The third kappa shape index (κ3) is 8.03. The Bertz CT molecular complexity index is 1190. The van der Waals surface area contributed by atoms with Gasteiger partial charge in [0.1, 0.15) is 12.7 Å². The van der Waals surface area contributed by atoms with E-state index in [4.69, 9.17) is 32.0 Å². The molecule has 2 atom stereocenters. The lowest BCUT2D eigenvalue weighted by Gasteiger charge is -2.46. The van der Waals surface area contributed by atoms with E-state index in [1.54, 1.807) is 12.7 Å². The second-order valence-corrected chi connectivity index (χ2v) is 9.73. The second-order valence-electron chi connectivity index (χ2n) is 9.30. The number of rotatable bonds is 6. The highest BCUT2D eigenvalue weighted by Crippen LogP contribution is 2.27. The number of ether oxygens (including phenoxy) is 1. The van der Waals surface area contributed by atoms with Gasteiger partial charge in [0.05, 0.1) is 19.3 Å². The van der Waals surface area contributed by atoms with Crippen LogP contribution in [0.3, 0.4) is 0 Å². The van der Waals surface area contributed by atoms with E-state index >= 15 is 0 Å². The fourth-order valence-electron chi connectivity index (χ4n) is 4.75. The molecule has 0 aliphatic carbocycles. The Labute approximate surface area is 226 Å². The molecule has 16 heteroatoms. The average Bonchev–Trinajstić information content (AvgIpc) is 3.58. The number of carboxylic acid groups (broad SMARTS) is 1. The number of aromatic nitrogens is 6. The van der Waals surface area contributed by atoms with Crippen molar-refractivity contribution in [3.63, 3.8) is 0 Å². The van der Waals surface area contributed by atoms with Crippen molar-refractivity contribution >= 4 is 29.5 Å². The normalized spacial score (nSPS) is 20.9. The van der Waals surface area contributed by atoms with Crippen LogP contribution in [-0.4, -0.2) is 96.5 Å². The molecule has 212 valence electrons.